The molecule has 0 fully saturated rings. The largest absolute Gasteiger partial charge is 0.480 e. The molecule has 1 rings (SSSR count). The van der Waals surface area contributed by atoms with Gasteiger partial charge in [-0.15, -0.1) is 0 Å². The first kappa shape index (κ1) is 13.2. The van der Waals surface area contributed by atoms with Gasteiger partial charge >= 0.3 is 5.97 Å². The molecule has 0 unspecified atom stereocenters. The van der Waals surface area contributed by atoms with Crippen LogP contribution in [0.2, 0.25) is 0 Å². The van der Waals surface area contributed by atoms with Gasteiger partial charge in [0.25, 0.3) is 5.91 Å². The second-order valence-electron chi connectivity index (χ2n) is 3.25. The van der Waals surface area contributed by atoms with Gasteiger partial charge in [-0.2, -0.15) is 0 Å². The zero-order chi connectivity index (χ0) is 13.0. The first-order chi connectivity index (χ1) is 7.90. The number of nitrogens with one attached hydrogen (secondary N) is 1. The van der Waals surface area contributed by atoms with Gasteiger partial charge in [0, 0.05) is 10.7 Å². The number of nitrogens with two attached hydrogens (primary N) is 1. The number of aliphatic carboxylic acids is 1. The first-order valence-electron chi connectivity index (χ1n) is 4.53. The van der Waals surface area contributed by atoms with Gasteiger partial charge in [-0.1, -0.05) is 0 Å². The molecule has 92 valence electrons. The number of amides is 2. The number of nitrogens with zero attached hydrogens (tertiary/aromatic N) is 1. The van der Waals surface area contributed by atoms with Crippen LogP contribution in [-0.2, 0) is 9.59 Å². The van der Waals surface area contributed by atoms with Gasteiger partial charge in [0.15, 0.2) is 0 Å². The van der Waals surface area contributed by atoms with Gasteiger partial charge < -0.3 is 20.7 Å². The quantitative estimate of drug-likeness (QED) is 0.697. The number of primary amides is 1. The molecule has 0 saturated heterocycles. The number of halogens is 1. The fraction of sp³-hybridized carbons (Fsp3) is 0.222. The van der Waals surface area contributed by atoms with Crippen LogP contribution in [0, 0.1) is 0 Å². The third-order valence-electron chi connectivity index (χ3n) is 1.84. The molecule has 0 aliphatic carbocycles. The maximum Gasteiger partial charge on any atom is 0.323 e. The number of hydrogen-bond acceptors (Lipinski definition) is 3. The highest BCUT2D eigenvalue weighted by molar-refractivity contribution is 9.10. The van der Waals surface area contributed by atoms with Crippen molar-refractivity contribution in [2.75, 3.05) is 13.1 Å². The Balaban J connectivity index is 2.85. The molecule has 1 aromatic rings. The fourth-order valence-electron chi connectivity index (χ4n) is 1.21. The van der Waals surface area contributed by atoms with Gasteiger partial charge in [0.05, 0.1) is 0 Å². The predicted octanol–water partition coefficient (Wildman–Crippen LogP) is -0.211. The Morgan fingerprint density at radius 1 is 1.41 bits per heavy atom. The number of aromatic nitrogens is 1. The number of carbonyl (C=O) groups excluding carboxylic acids is 2. The summed E-state index contributed by atoms with van der Waals surface area (Å²) in [5.41, 5.74) is 5.12. The molecule has 0 atom stereocenters. The maximum atomic E-state index is 11.8. The van der Waals surface area contributed by atoms with E-state index in [0.29, 0.717) is 4.47 Å². The van der Waals surface area contributed by atoms with Crippen molar-refractivity contribution in [2.45, 2.75) is 0 Å². The van der Waals surface area contributed by atoms with Crippen molar-refractivity contribution in [1.82, 2.24) is 9.88 Å². The number of carbonyl (C=O) groups is 3. The van der Waals surface area contributed by atoms with Crippen molar-refractivity contribution in [3.05, 3.63) is 22.4 Å². The zero-order valence-corrected chi connectivity index (χ0v) is 10.2. The molecule has 0 aliphatic heterocycles. The summed E-state index contributed by atoms with van der Waals surface area (Å²) in [4.78, 5) is 36.6. The van der Waals surface area contributed by atoms with Crippen molar-refractivity contribution in [3.63, 3.8) is 0 Å². The van der Waals surface area contributed by atoms with Gasteiger partial charge in [0.2, 0.25) is 5.91 Å². The van der Waals surface area contributed by atoms with Crippen molar-refractivity contribution >= 4 is 33.7 Å². The lowest BCUT2D eigenvalue weighted by Gasteiger charge is -2.17. The number of carboxylic acids is 1. The summed E-state index contributed by atoms with van der Waals surface area (Å²) in [6.45, 7) is -1.03. The van der Waals surface area contributed by atoms with Crippen LogP contribution in [0.3, 0.4) is 0 Å². The molecule has 1 aromatic heterocycles. The molecular weight excluding hydrogens is 294 g/mol. The van der Waals surface area contributed by atoms with Gasteiger partial charge in [-0.3, -0.25) is 14.4 Å². The van der Waals surface area contributed by atoms with Gasteiger partial charge in [0.1, 0.15) is 18.8 Å². The second kappa shape index (κ2) is 5.48. The van der Waals surface area contributed by atoms with Crippen LogP contribution in [-0.4, -0.2) is 45.9 Å². The zero-order valence-electron chi connectivity index (χ0n) is 8.64. The summed E-state index contributed by atoms with van der Waals surface area (Å²) < 4.78 is 0.648. The van der Waals surface area contributed by atoms with Crippen LogP contribution in [0.4, 0.5) is 0 Å². The highest BCUT2D eigenvalue weighted by Gasteiger charge is 2.21. The Kier molecular flexibility index (Phi) is 4.27. The van der Waals surface area contributed by atoms with E-state index < -0.39 is 30.9 Å². The molecule has 0 saturated carbocycles. The number of aromatic amines is 1. The minimum atomic E-state index is -1.22. The van der Waals surface area contributed by atoms with Crippen LogP contribution in [0.25, 0.3) is 0 Å². The van der Waals surface area contributed by atoms with Crippen molar-refractivity contribution in [1.29, 1.82) is 0 Å². The molecule has 0 radical (unpaired) electrons. The molecule has 1 heterocycles. The lowest BCUT2D eigenvalue weighted by atomic mass is 10.3. The minimum absolute atomic E-state index is 0.180. The summed E-state index contributed by atoms with van der Waals surface area (Å²) in [5.74, 6) is -2.59. The summed E-state index contributed by atoms with van der Waals surface area (Å²) in [6, 6.07) is 1.48. The van der Waals surface area contributed by atoms with E-state index in [1.807, 2.05) is 0 Å². The molecule has 7 nitrogen and oxygen atoms in total. The van der Waals surface area contributed by atoms with Crippen LogP contribution in [0.15, 0.2) is 16.7 Å². The lowest BCUT2D eigenvalue weighted by molar-refractivity contribution is -0.138. The SMILES string of the molecule is NC(=O)CN(CC(=O)O)C(=O)c1cc(Br)c[nH]1. The van der Waals surface area contributed by atoms with Gasteiger partial charge in [-0.25, -0.2) is 0 Å². The molecule has 8 heteroatoms. The average molecular weight is 304 g/mol. The van der Waals surface area contributed by atoms with E-state index in [9.17, 15) is 14.4 Å². The number of hydrogen-bond donors (Lipinski definition) is 3. The van der Waals surface area contributed by atoms with Crippen LogP contribution in [0.5, 0.6) is 0 Å². The first-order valence-corrected chi connectivity index (χ1v) is 5.32. The summed E-state index contributed by atoms with van der Waals surface area (Å²) in [5, 5.41) is 8.63. The van der Waals surface area contributed by atoms with E-state index in [1.54, 1.807) is 0 Å². The molecule has 4 N–H and O–H groups in total. The van der Waals surface area contributed by atoms with Crippen LogP contribution in [0.1, 0.15) is 10.5 Å². The van der Waals surface area contributed by atoms with E-state index >= 15 is 0 Å². The van der Waals surface area contributed by atoms with Crippen molar-refractivity contribution < 1.29 is 19.5 Å². The Hall–Kier alpha value is -1.83. The van der Waals surface area contributed by atoms with Crippen molar-refractivity contribution in [2.24, 2.45) is 5.73 Å². The maximum absolute atomic E-state index is 11.8. The Labute approximate surface area is 105 Å². The fourth-order valence-corrected chi connectivity index (χ4v) is 1.56. The van der Waals surface area contributed by atoms with Gasteiger partial charge in [-0.05, 0) is 22.0 Å². The monoisotopic (exact) mass is 303 g/mol. The number of carboxylic acid groups (broad SMARTS) is 1. The summed E-state index contributed by atoms with van der Waals surface area (Å²) in [7, 11) is 0. The highest BCUT2D eigenvalue weighted by atomic mass is 79.9. The Morgan fingerprint density at radius 3 is 2.47 bits per heavy atom. The molecule has 17 heavy (non-hydrogen) atoms. The minimum Gasteiger partial charge on any atom is -0.480 e. The molecule has 0 aromatic carbocycles. The van der Waals surface area contributed by atoms with E-state index in [2.05, 4.69) is 20.9 Å². The third kappa shape index (κ3) is 3.91. The predicted molar refractivity (Wildman–Crippen MR) is 61.2 cm³/mol. The smallest absolute Gasteiger partial charge is 0.323 e. The normalized spacial score (nSPS) is 9.94. The molecular formula is C9H10BrN3O4. The molecule has 0 aliphatic rings. The van der Waals surface area contributed by atoms with Crippen LogP contribution < -0.4 is 5.73 Å². The molecule has 0 spiro atoms. The summed E-state index contributed by atoms with van der Waals surface area (Å²) in [6.07, 6.45) is 1.52. The molecule has 0 bridgehead atoms. The van der Waals surface area contributed by atoms with E-state index in [1.165, 1.54) is 12.3 Å². The van der Waals surface area contributed by atoms with E-state index in [4.69, 9.17) is 10.8 Å². The number of rotatable bonds is 5. The summed E-state index contributed by atoms with van der Waals surface area (Å²) >= 11 is 3.14. The van der Waals surface area contributed by atoms with E-state index in [-0.39, 0.29) is 5.69 Å². The number of H-pyrrole nitrogens is 1. The average Bonchev–Trinajstić information content (AvgIpc) is 2.61. The highest BCUT2D eigenvalue weighted by Crippen LogP contribution is 2.12. The Bertz CT molecular complexity index is 441. The standard InChI is InChI=1S/C9H10BrN3O4/c10-5-1-6(12-2-5)9(17)13(3-7(11)14)4-8(15)16/h1-2,12H,3-4H2,(H2,11,14)(H,15,16). The van der Waals surface area contributed by atoms with Crippen molar-refractivity contribution in [3.8, 4) is 0 Å². The topological polar surface area (TPSA) is 116 Å². The molecule has 2 amide bonds. The van der Waals surface area contributed by atoms with E-state index in [0.717, 1.165) is 4.90 Å². The second-order valence-corrected chi connectivity index (χ2v) is 4.17. The van der Waals surface area contributed by atoms with Crippen LogP contribution >= 0.6 is 15.9 Å². The third-order valence-corrected chi connectivity index (χ3v) is 2.30. The lowest BCUT2D eigenvalue weighted by Crippen LogP contribution is -2.41. The Morgan fingerprint density at radius 2 is 2.06 bits per heavy atom.